The second-order valence-electron chi connectivity index (χ2n) is 4.39. The molecule has 92 valence electrons. The predicted molar refractivity (Wildman–Crippen MR) is 71.0 cm³/mol. The number of alkyl halides is 1. The number of hydrogen-bond donors (Lipinski definition) is 2. The minimum absolute atomic E-state index is 0.0120. The summed E-state index contributed by atoms with van der Waals surface area (Å²) in [6.07, 6.45) is 3.13. The lowest BCUT2D eigenvalue weighted by Gasteiger charge is -2.41. The standard InChI is InChI=1S/C12H13BrClNO2/c13-7-12(4-1-5-12)15-11(17)8-2-3-10(16)9(14)6-8/h2-3,6,16H,1,4-5,7H2,(H,15,17). The molecule has 17 heavy (non-hydrogen) atoms. The lowest BCUT2D eigenvalue weighted by molar-refractivity contribution is 0.0856. The monoisotopic (exact) mass is 317 g/mol. The molecule has 1 aromatic rings. The Morgan fingerprint density at radius 2 is 2.24 bits per heavy atom. The molecule has 1 aromatic carbocycles. The van der Waals surface area contributed by atoms with Crippen molar-refractivity contribution in [2.45, 2.75) is 24.8 Å². The fourth-order valence-corrected chi connectivity index (χ4v) is 2.74. The first-order valence-corrected chi connectivity index (χ1v) is 6.93. The van der Waals surface area contributed by atoms with E-state index in [1.807, 2.05) is 0 Å². The summed E-state index contributed by atoms with van der Waals surface area (Å²) in [5.74, 6) is -0.159. The summed E-state index contributed by atoms with van der Waals surface area (Å²) in [5, 5.41) is 13.3. The Morgan fingerprint density at radius 1 is 1.53 bits per heavy atom. The summed E-state index contributed by atoms with van der Waals surface area (Å²) in [6.45, 7) is 0. The SMILES string of the molecule is O=C(NC1(CBr)CCC1)c1ccc(O)c(Cl)c1. The van der Waals surface area contributed by atoms with Crippen molar-refractivity contribution in [2.75, 3.05) is 5.33 Å². The van der Waals surface area contributed by atoms with Gasteiger partial charge >= 0.3 is 0 Å². The third-order valence-corrected chi connectivity index (χ3v) is 4.53. The van der Waals surface area contributed by atoms with E-state index in [0.29, 0.717) is 5.56 Å². The predicted octanol–water partition coefficient (Wildman–Crippen LogP) is 3.09. The van der Waals surface area contributed by atoms with Gasteiger partial charge in [0, 0.05) is 10.9 Å². The number of hydrogen-bond acceptors (Lipinski definition) is 2. The van der Waals surface area contributed by atoms with Gasteiger partial charge in [0.05, 0.1) is 10.6 Å². The summed E-state index contributed by atoms with van der Waals surface area (Å²) in [7, 11) is 0. The van der Waals surface area contributed by atoms with Crippen LogP contribution in [0.2, 0.25) is 5.02 Å². The second-order valence-corrected chi connectivity index (χ2v) is 5.36. The molecule has 2 rings (SSSR count). The van der Waals surface area contributed by atoms with Crippen molar-refractivity contribution >= 4 is 33.4 Å². The second kappa shape index (κ2) is 4.86. The molecule has 1 fully saturated rings. The van der Waals surface area contributed by atoms with E-state index in [4.69, 9.17) is 11.6 Å². The van der Waals surface area contributed by atoms with Crippen molar-refractivity contribution in [3.63, 3.8) is 0 Å². The van der Waals surface area contributed by atoms with E-state index < -0.39 is 0 Å². The average molecular weight is 319 g/mol. The van der Waals surface area contributed by atoms with E-state index in [1.54, 1.807) is 6.07 Å². The van der Waals surface area contributed by atoms with Crippen LogP contribution in [0.3, 0.4) is 0 Å². The van der Waals surface area contributed by atoms with Crippen molar-refractivity contribution in [1.29, 1.82) is 0 Å². The number of carbonyl (C=O) groups excluding carboxylic acids is 1. The Kier molecular flexibility index (Phi) is 3.64. The molecule has 5 heteroatoms. The van der Waals surface area contributed by atoms with E-state index in [2.05, 4.69) is 21.2 Å². The van der Waals surface area contributed by atoms with Crippen LogP contribution >= 0.6 is 27.5 Å². The first kappa shape index (κ1) is 12.7. The van der Waals surface area contributed by atoms with Crippen LogP contribution < -0.4 is 5.32 Å². The molecule has 3 nitrogen and oxygen atoms in total. The number of halogens is 2. The highest BCUT2D eigenvalue weighted by molar-refractivity contribution is 9.09. The molecule has 0 radical (unpaired) electrons. The van der Waals surface area contributed by atoms with Crippen molar-refractivity contribution in [1.82, 2.24) is 5.32 Å². The fourth-order valence-electron chi connectivity index (χ4n) is 1.86. The number of aromatic hydroxyl groups is 1. The van der Waals surface area contributed by atoms with Gasteiger partial charge in [-0.2, -0.15) is 0 Å². The molecule has 1 saturated carbocycles. The fraction of sp³-hybridized carbons (Fsp3) is 0.417. The zero-order chi connectivity index (χ0) is 12.5. The van der Waals surface area contributed by atoms with Crippen molar-refractivity contribution in [2.24, 2.45) is 0 Å². The zero-order valence-corrected chi connectivity index (χ0v) is 11.5. The van der Waals surface area contributed by atoms with Crippen LogP contribution in [-0.4, -0.2) is 21.9 Å². The quantitative estimate of drug-likeness (QED) is 0.841. The van der Waals surface area contributed by atoms with E-state index in [0.717, 1.165) is 24.6 Å². The third-order valence-electron chi connectivity index (χ3n) is 3.16. The topological polar surface area (TPSA) is 49.3 Å². The van der Waals surface area contributed by atoms with Gasteiger partial charge in [0.1, 0.15) is 5.75 Å². The number of carbonyl (C=O) groups is 1. The van der Waals surface area contributed by atoms with Gasteiger partial charge < -0.3 is 10.4 Å². The van der Waals surface area contributed by atoms with Crippen LogP contribution in [0, 0.1) is 0 Å². The van der Waals surface area contributed by atoms with Crippen LogP contribution in [0.5, 0.6) is 5.75 Å². The molecule has 0 aliphatic heterocycles. The largest absolute Gasteiger partial charge is 0.506 e. The molecule has 1 aliphatic rings. The van der Waals surface area contributed by atoms with Crippen molar-refractivity contribution in [3.05, 3.63) is 28.8 Å². The van der Waals surface area contributed by atoms with Gasteiger partial charge in [-0.1, -0.05) is 27.5 Å². The number of benzene rings is 1. The molecule has 0 unspecified atom stereocenters. The molecule has 0 heterocycles. The van der Waals surface area contributed by atoms with Crippen LogP contribution in [0.15, 0.2) is 18.2 Å². The third kappa shape index (κ3) is 2.58. The Balaban J connectivity index is 2.11. The number of phenolic OH excluding ortho intramolecular Hbond substituents is 1. The maximum Gasteiger partial charge on any atom is 0.251 e. The molecule has 0 aromatic heterocycles. The number of nitrogens with one attached hydrogen (secondary N) is 1. The van der Waals surface area contributed by atoms with Gasteiger partial charge in [0.2, 0.25) is 0 Å². The molecule has 0 saturated heterocycles. The lowest BCUT2D eigenvalue weighted by Crippen LogP contribution is -2.54. The van der Waals surface area contributed by atoms with Crippen LogP contribution in [0.25, 0.3) is 0 Å². The maximum atomic E-state index is 12.0. The normalized spacial score (nSPS) is 17.3. The van der Waals surface area contributed by atoms with Gasteiger partial charge in [-0.25, -0.2) is 0 Å². The molecule has 0 atom stereocenters. The molecule has 0 bridgehead atoms. The Bertz CT molecular complexity index is 441. The molecule has 1 aliphatic carbocycles. The average Bonchev–Trinajstić information content (AvgIpc) is 2.27. The summed E-state index contributed by atoms with van der Waals surface area (Å²) < 4.78 is 0. The van der Waals surface area contributed by atoms with E-state index in [1.165, 1.54) is 12.1 Å². The van der Waals surface area contributed by atoms with Gasteiger partial charge in [-0.15, -0.1) is 0 Å². The molecular weight excluding hydrogens is 305 g/mol. The number of amides is 1. The van der Waals surface area contributed by atoms with Gasteiger partial charge in [0.25, 0.3) is 5.91 Å². The zero-order valence-electron chi connectivity index (χ0n) is 9.17. The van der Waals surface area contributed by atoms with Gasteiger partial charge in [-0.05, 0) is 37.5 Å². The minimum atomic E-state index is -0.147. The van der Waals surface area contributed by atoms with E-state index in [-0.39, 0.29) is 22.2 Å². The number of phenols is 1. The van der Waals surface area contributed by atoms with Gasteiger partial charge in [0.15, 0.2) is 0 Å². The van der Waals surface area contributed by atoms with Crippen molar-refractivity contribution < 1.29 is 9.90 Å². The highest BCUT2D eigenvalue weighted by Gasteiger charge is 2.37. The maximum absolute atomic E-state index is 12.0. The summed E-state index contributed by atoms with van der Waals surface area (Å²) in [4.78, 5) is 12.0. The van der Waals surface area contributed by atoms with Crippen molar-refractivity contribution in [3.8, 4) is 5.75 Å². The Labute approximate surface area is 113 Å². The highest BCUT2D eigenvalue weighted by Crippen LogP contribution is 2.34. The van der Waals surface area contributed by atoms with E-state index in [9.17, 15) is 9.90 Å². The first-order chi connectivity index (χ1) is 8.06. The Hall–Kier alpha value is -0.740. The molecule has 1 amide bonds. The summed E-state index contributed by atoms with van der Waals surface area (Å²) in [6, 6.07) is 4.47. The highest BCUT2D eigenvalue weighted by atomic mass is 79.9. The molecule has 0 spiro atoms. The summed E-state index contributed by atoms with van der Waals surface area (Å²) in [5.41, 5.74) is 0.363. The number of rotatable bonds is 3. The summed E-state index contributed by atoms with van der Waals surface area (Å²) >= 11 is 9.20. The molecular formula is C12H13BrClNO2. The van der Waals surface area contributed by atoms with Crippen LogP contribution in [0.4, 0.5) is 0 Å². The van der Waals surface area contributed by atoms with Crippen LogP contribution in [0.1, 0.15) is 29.6 Å². The molecule has 2 N–H and O–H groups in total. The first-order valence-electron chi connectivity index (χ1n) is 5.43. The smallest absolute Gasteiger partial charge is 0.251 e. The minimum Gasteiger partial charge on any atom is -0.506 e. The Morgan fingerprint density at radius 3 is 2.71 bits per heavy atom. The van der Waals surface area contributed by atoms with E-state index >= 15 is 0 Å². The lowest BCUT2D eigenvalue weighted by atomic mass is 9.78. The van der Waals surface area contributed by atoms with Crippen LogP contribution in [-0.2, 0) is 0 Å². The van der Waals surface area contributed by atoms with Gasteiger partial charge in [-0.3, -0.25) is 4.79 Å².